The maximum Gasteiger partial charge on any atom is 0.490 e. The van der Waals surface area contributed by atoms with Gasteiger partial charge in [-0.25, -0.2) is 17.9 Å². The highest BCUT2D eigenvalue weighted by Gasteiger charge is 2.39. The Hall–Kier alpha value is -3.10. The highest BCUT2D eigenvalue weighted by atomic mass is 35.5. The lowest BCUT2D eigenvalue weighted by Gasteiger charge is -2.37. The molecule has 1 atom stereocenters. The largest absolute Gasteiger partial charge is 0.492 e. The van der Waals surface area contributed by atoms with Crippen molar-refractivity contribution in [2.75, 3.05) is 25.0 Å². The zero-order valence-electron chi connectivity index (χ0n) is 23.4. The summed E-state index contributed by atoms with van der Waals surface area (Å²) >= 11 is 6.28. The predicted octanol–water partition coefficient (Wildman–Crippen LogP) is 5.02. The molecule has 0 aliphatic rings. The van der Waals surface area contributed by atoms with Crippen molar-refractivity contribution in [3.05, 3.63) is 53.3 Å². The Morgan fingerprint density at radius 1 is 1.10 bits per heavy atom. The summed E-state index contributed by atoms with van der Waals surface area (Å²) in [4.78, 5) is 27.8. The standard InChI is InChI=1S/C24H35ClN4O4S.C2HF3O2/c1-6-9-28-34(31,32)24(17(2)3)29(18(4)5)23(30)19-14-20(25)16-22(15-19)33-13-12-27-21-7-10-26-11-8-21;3-2(4,5)1(6)7/h7-8,10-11,14-18,24,28H,6,9,12-13H2,1-5H3,(H,26,27);(H,6,7). The van der Waals surface area contributed by atoms with Crippen LogP contribution in [0.1, 0.15) is 51.4 Å². The zero-order chi connectivity index (χ0) is 31.4. The number of carbonyl (C=O) groups is 2. The van der Waals surface area contributed by atoms with Gasteiger partial charge < -0.3 is 20.1 Å². The predicted molar refractivity (Wildman–Crippen MR) is 151 cm³/mol. The van der Waals surface area contributed by atoms with Crippen LogP contribution in [0, 0.1) is 5.92 Å². The van der Waals surface area contributed by atoms with Gasteiger partial charge in [0.1, 0.15) is 12.4 Å². The van der Waals surface area contributed by atoms with Crippen LogP contribution in [0.3, 0.4) is 0 Å². The number of hydrogen-bond acceptors (Lipinski definition) is 7. The van der Waals surface area contributed by atoms with E-state index in [-0.39, 0.29) is 17.5 Å². The highest BCUT2D eigenvalue weighted by Crippen LogP contribution is 2.26. The van der Waals surface area contributed by atoms with Crippen LogP contribution >= 0.6 is 11.6 Å². The number of hydrogen-bond donors (Lipinski definition) is 3. The molecular weight excluding hydrogens is 589 g/mol. The molecule has 2 rings (SSSR count). The van der Waals surface area contributed by atoms with E-state index in [4.69, 9.17) is 26.2 Å². The van der Waals surface area contributed by atoms with Gasteiger partial charge in [0.15, 0.2) is 5.37 Å². The number of anilines is 1. The number of sulfonamides is 1. The zero-order valence-corrected chi connectivity index (χ0v) is 25.0. The van der Waals surface area contributed by atoms with E-state index in [1.165, 1.54) is 11.0 Å². The Balaban J connectivity index is 0.00000106. The van der Waals surface area contributed by atoms with E-state index in [1.807, 2.05) is 19.1 Å². The number of nitrogens with one attached hydrogen (secondary N) is 2. The number of benzene rings is 1. The van der Waals surface area contributed by atoms with Gasteiger partial charge in [-0.05, 0) is 56.5 Å². The topological polar surface area (TPSA) is 138 Å². The van der Waals surface area contributed by atoms with Crippen LogP contribution < -0.4 is 14.8 Å². The monoisotopic (exact) mass is 624 g/mol. The van der Waals surface area contributed by atoms with Gasteiger partial charge >= 0.3 is 12.1 Å². The Bertz CT molecular complexity index is 1230. The van der Waals surface area contributed by atoms with Gasteiger partial charge in [0, 0.05) is 47.8 Å². The molecule has 10 nitrogen and oxygen atoms in total. The van der Waals surface area contributed by atoms with Gasteiger partial charge in [0.25, 0.3) is 5.91 Å². The first-order valence-electron chi connectivity index (χ1n) is 12.7. The average molecular weight is 625 g/mol. The summed E-state index contributed by atoms with van der Waals surface area (Å²) in [6, 6.07) is 8.11. The number of carboxylic acid groups (broad SMARTS) is 1. The van der Waals surface area contributed by atoms with Gasteiger partial charge in [0.05, 0.1) is 0 Å². The first-order valence-corrected chi connectivity index (χ1v) is 14.6. The lowest BCUT2D eigenvalue weighted by Crippen LogP contribution is -2.54. The molecule has 0 aliphatic heterocycles. The lowest BCUT2D eigenvalue weighted by atomic mass is 10.1. The molecule has 0 fully saturated rings. The van der Waals surface area contributed by atoms with E-state index in [0.29, 0.717) is 36.9 Å². The molecule has 2 aromatic rings. The maximum absolute atomic E-state index is 13.6. The van der Waals surface area contributed by atoms with Crippen LogP contribution in [0.25, 0.3) is 0 Å². The average Bonchev–Trinajstić information content (AvgIpc) is 2.87. The number of halogens is 4. The van der Waals surface area contributed by atoms with E-state index < -0.39 is 33.4 Å². The van der Waals surface area contributed by atoms with Gasteiger partial charge in [0.2, 0.25) is 10.0 Å². The van der Waals surface area contributed by atoms with Crippen molar-refractivity contribution >= 4 is 39.2 Å². The number of alkyl halides is 3. The highest BCUT2D eigenvalue weighted by molar-refractivity contribution is 7.90. The van der Waals surface area contributed by atoms with Crippen LogP contribution in [0.2, 0.25) is 5.02 Å². The summed E-state index contributed by atoms with van der Waals surface area (Å²) in [7, 11) is -3.77. The SMILES string of the molecule is CCCNS(=O)(=O)C(C(C)C)N(C(=O)c1cc(Cl)cc(OCCNc2ccncc2)c1)C(C)C.O=C(O)C(F)(F)F. The van der Waals surface area contributed by atoms with Crippen LogP contribution in [0.5, 0.6) is 5.75 Å². The smallest absolute Gasteiger partial charge is 0.490 e. The summed E-state index contributed by atoms with van der Waals surface area (Å²) in [5.41, 5.74) is 1.19. The second-order valence-electron chi connectivity index (χ2n) is 9.37. The fourth-order valence-electron chi connectivity index (χ4n) is 3.56. The van der Waals surface area contributed by atoms with Crippen LogP contribution in [-0.4, -0.2) is 72.6 Å². The molecular formula is C26H36ClF3N4O6S. The molecule has 1 unspecified atom stereocenters. The molecule has 0 saturated heterocycles. The maximum atomic E-state index is 13.6. The summed E-state index contributed by atoms with van der Waals surface area (Å²) < 4.78 is 66.3. The van der Waals surface area contributed by atoms with Gasteiger partial charge in [-0.2, -0.15) is 13.2 Å². The fraction of sp³-hybridized carbons (Fsp3) is 0.500. The van der Waals surface area contributed by atoms with Crippen molar-refractivity contribution in [1.82, 2.24) is 14.6 Å². The molecule has 1 amide bonds. The molecule has 15 heteroatoms. The number of rotatable bonds is 13. The molecule has 230 valence electrons. The Labute approximate surface area is 243 Å². The summed E-state index contributed by atoms with van der Waals surface area (Å²) in [6.07, 6.45) is -1.04. The van der Waals surface area contributed by atoms with E-state index in [9.17, 15) is 26.4 Å². The van der Waals surface area contributed by atoms with Gasteiger partial charge in [-0.1, -0.05) is 32.4 Å². The minimum absolute atomic E-state index is 0.273. The molecule has 3 N–H and O–H groups in total. The molecule has 1 aromatic carbocycles. The number of aromatic nitrogens is 1. The van der Waals surface area contributed by atoms with Crippen LogP contribution in [0.4, 0.5) is 18.9 Å². The van der Waals surface area contributed by atoms with Crippen molar-refractivity contribution in [2.45, 2.75) is 58.6 Å². The number of nitrogens with zero attached hydrogens (tertiary/aromatic N) is 2. The van der Waals surface area contributed by atoms with Gasteiger partial charge in [-0.3, -0.25) is 9.78 Å². The number of amides is 1. The molecule has 0 spiro atoms. The number of pyridine rings is 1. The number of aliphatic carboxylic acids is 1. The molecule has 0 radical (unpaired) electrons. The molecule has 41 heavy (non-hydrogen) atoms. The van der Waals surface area contributed by atoms with E-state index in [2.05, 4.69) is 15.0 Å². The van der Waals surface area contributed by atoms with E-state index in [0.717, 1.165) is 5.69 Å². The molecule has 0 aliphatic carbocycles. The Morgan fingerprint density at radius 3 is 2.17 bits per heavy atom. The van der Waals surface area contributed by atoms with Crippen molar-refractivity contribution in [2.24, 2.45) is 5.92 Å². The van der Waals surface area contributed by atoms with Crippen molar-refractivity contribution in [3.8, 4) is 5.75 Å². The normalized spacial score (nSPS) is 12.4. The number of ether oxygens (including phenoxy) is 1. The van der Waals surface area contributed by atoms with Crippen molar-refractivity contribution in [1.29, 1.82) is 0 Å². The van der Waals surface area contributed by atoms with Gasteiger partial charge in [-0.15, -0.1) is 0 Å². The second kappa shape index (κ2) is 16.4. The fourth-order valence-corrected chi connectivity index (χ4v) is 5.79. The van der Waals surface area contributed by atoms with Crippen molar-refractivity contribution in [3.63, 3.8) is 0 Å². The molecule has 1 heterocycles. The third kappa shape index (κ3) is 12.1. The van der Waals surface area contributed by atoms with E-state index >= 15 is 0 Å². The third-order valence-corrected chi connectivity index (χ3v) is 7.48. The summed E-state index contributed by atoms with van der Waals surface area (Å²) in [6.45, 7) is 10.3. The first kappa shape index (κ1) is 35.9. The summed E-state index contributed by atoms with van der Waals surface area (Å²) in [5, 5.41) is 9.64. The lowest BCUT2D eigenvalue weighted by molar-refractivity contribution is -0.192. The van der Waals surface area contributed by atoms with Crippen LogP contribution in [0.15, 0.2) is 42.7 Å². The second-order valence-corrected chi connectivity index (χ2v) is 11.7. The number of carbonyl (C=O) groups excluding carboxylic acids is 1. The quantitative estimate of drug-likeness (QED) is 0.264. The summed E-state index contributed by atoms with van der Waals surface area (Å²) in [5.74, 6) is -3.07. The molecule has 1 aromatic heterocycles. The molecule has 0 bridgehead atoms. The van der Waals surface area contributed by atoms with E-state index in [1.54, 1.807) is 52.2 Å². The number of carboxylic acids is 1. The van der Waals surface area contributed by atoms with Crippen molar-refractivity contribution < 1.29 is 41.0 Å². The Morgan fingerprint density at radius 2 is 1.68 bits per heavy atom. The Kier molecular flexibility index (Phi) is 14.3. The van der Waals surface area contributed by atoms with Crippen LogP contribution in [-0.2, 0) is 14.8 Å². The minimum Gasteiger partial charge on any atom is -0.492 e. The third-order valence-electron chi connectivity index (χ3n) is 5.25. The minimum atomic E-state index is -5.08. The molecule has 0 saturated carbocycles. The first-order chi connectivity index (χ1) is 19.0.